The van der Waals surface area contributed by atoms with Crippen LogP contribution in [0, 0.1) is 0 Å². The third kappa shape index (κ3) is 4.30. The van der Waals surface area contributed by atoms with E-state index in [1.165, 1.54) is 28.3 Å². The molecule has 4 aromatic rings. The van der Waals surface area contributed by atoms with Crippen molar-refractivity contribution >= 4 is 23.1 Å². The molecule has 1 aromatic heterocycles. The number of benzene rings is 3. The van der Waals surface area contributed by atoms with Gasteiger partial charge in [0.2, 0.25) is 0 Å². The minimum Gasteiger partial charge on any atom is -0.449 e. The lowest BCUT2D eigenvalue weighted by molar-refractivity contribution is 0.143. The number of rotatable bonds is 6. The van der Waals surface area contributed by atoms with E-state index in [1.807, 2.05) is 54.6 Å². The summed E-state index contributed by atoms with van der Waals surface area (Å²) in [6.45, 7) is 0.794. The second-order valence-corrected chi connectivity index (χ2v) is 8.09. The fraction of sp³-hybridized carbons (Fsp3) is 0.143. The van der Waals surface area contributed by atoms with Crippen LogP contribution < -0.4 is 10.7 Å². The molecule has 0 spiro atoms. The third-order valence-electron chi connectivity index (χ3n) is 6.02. The van der Waals surface area contributed by atoms with Crippen molar-refractivity contribution in [3.05, 3.63) is 112 Å². The van der Waals surface area contributed by atoms with Crippen LogP contribution in [0.2, 0.25) is 0 Å². The van der Waals surface area contributed by atoms with E-state index in [4.69, 9.17) is 4.74 Å². The molecule has 0 bridgehead atoms. The second-order valence-electron chi connectivity index (χ2n) is 8.09. The normalized spacial score (nSPS) is 12.6. The van der Waals surface area contributed by atoms with Crippen molar-refractivity contribution in [3.8, 4) is 11.1 Å². The van der Waals surface area contributed by atoms with Gasteiger partial charge in [0.25, 0.3) is 0 Å². The molecule has 1 aliphatic rings. The molecule has 33 heavy (non-hydrogen) atoms. The van der Waals surface area contributed by atoms with Gasteiger partial charge in [-0.15, -0.1) is 0 Å². The maximum Gasteiger partial charge on any atom is 0.407 e. The van der Waals surface area contributed by atoms with E-state index in [9.17, 15) is 9.59 Å². The minimum absolute atomic E-state index is 0.00609. The summed E-state index contributed by atoms with van der Waals surface area (Å²) in [4.78, 5) is 27.2. The molecule has 1 amide bonds. The average molecular weight is 437 g/mol. The zero-order valence-corrected chi connectivity index (χ0v) is 18.1. The Hall–Kier alpha value is -4.12. The molecular formula is C28H24N2O3. The second kappa shape index (κ2) is 9.17. The van der Waals surface area contributed by atoms with Crippen molar-refractivity contribution in [3.63, 3.8) is 0 Å². The first kappa shape index (κ1) is 20.8. The number of aromatic nitrogens is 1. The summed E-state index contributed by atoms with van der Waals surface area (Å²) in [5.74, 6) is 0.0578. The molecule has 5 nitrogen and oxygen atoms in total. The van der Waals surface area contributed by atoms with Crippen LogP contribution >= 0.6 is 0 Å². The van der Waals surface area contributed by atoms with Gasteiger partial charge in [-0.05, 0) is 46.4 Å². The van der Waals surface area contributed by atoms with Crippen LogP contribution in [0.4, 0.5) is 4.79 Å². The Bertz CT molecular complexity index is 1360. The minimum atomic E-state index is -0.409. The number of aromatic amines is 1. The smallest absolute Gasteiger partial charge is 0.407 e. The number of pyridine rings is 1. The van der Waals surface area contributed by atoms with Crippen molar-refractivity contribution in [2.24, 2.45) is 0 Å². The van der Waals surface area contributed by atoms with Crippen LogP contribution in [0.3, 0.4) is 0 Å². The standard InChI is InChI=1S/C28H24N2O3/c31-27-14-16-29-26-17-19(12-13-24(26)27)7-5-6-15-30-28(32)33-18-25-22-10-3-1-8-20(22)21-9-2-4-11-23(21)25/h1-5,7-14,16-17,25H,6,15,18H2,(H,29,31)(H,30,32). The van der Waals surface area contributed by atoms with Gasteiger partial charge in [-0.2, -0.15) is 0 Å². The maximum absolute atomic E-state index is 12.2. The number of ether oxygens (including phenoxy) is 1. The third-order valence-corrected chi connectivity index (χ3v) is 6.02. The van der Waals surface area contributed by atoms with E-state index in [0.717, 1.165) is 11.1 Å². The summed E-state index contributed by atoms with van der Waals surface area (Å²) in [6, 6.07) is 23.8. The highest BCUT2D eigenvalue weighted by atomic mass is 16.5. The van der Waals surface area contributed by atoms with Crippen LogP contribution in [0.25, 0.3) is 28.1 Å². The van der Waals surface area contributed by atoms with Crippen molar-refractivity contribution in [2.45, 2.75) is 12.3 Å². The highest BCUT2D eigenvalue weighted by Gasteiger charge is 2.28. The van der Waals surface area contributed by atoms with Gasteiger partial charge in [0.05, 0.1) is 0 Å². The van der Waals surface area contributed by atoms with Crippen LogP contribution in [0.15, 0.2) is 89.9 Å². The molecule has 0 radical (unpaired) electrons. The molecular weight excluding hydrogens is 412 g/mol. The van der Waals surface area contributed by atoms with E-state index in [0.29, 0.717) is 25.0 Å². The molecule has 164 valence electrons. The average Bonchev–Trinajstić information content (AvgIpc) is 3.16. The van der Waals surface area contributed by atoms with Crippen molar-refractivity contribution in [1.29, 1.82) is 0 Å². The fourth-order valence-electron chi connectivity index (χ4n) is 4.42. The van der Waals surface area contributed by atoms with E-state index in [-0.39, 0.29) is 11.3 Å². The zero-order chi connectivity index (χ0) is 22.6. The molecule has 0 saturated carbocycles. The summed E-state index contributed by atoms with van der Waals surface area (Å²) in [5.41, 5.74) is 6.63. The molecule has 5 heteroatoms. The molecule has 0 aliphatic heterocycles. The van der Waals surface area contributed by atoms with Crippen LogP contribution in [-0.4, -0.2) is 24.2 Å². The highest BCUT2D eigenvalue weighted by molar-refractivity contribution is 5.81. The number of hydrogen-bond donors (Lipinski definition) is 2. The number of carbonyl (C=O) groups is 1. The number of amides is 1. The molecule has 0 atom stereocenters. The van der Waals surface area contributed by atoms with E-state index >= 15 is 0 Å². The summed E-state index contributed by atoms with van der Waals surface area (Å²) in [7, 11) is 0. The van der Waals surface area contributed by atoms with Crippen LogP contribution in [0.1, 0.15) is 29.0 Å². The lowest BCUT2D eigenvalue weighted by atomic mass is 9.98. The van der Waals surface area contributed by atoms with Crippen molar-refractivity contribution in [1.82, 2.24) is 10.3 Å². The fourth-order valence-corrected chi connectivity index (χ4v) is 4.42. The molecule has 0 fully saturated rings. The molecule has 2 N–H and O–H groups in total. The number of hydrogen-bond acceptors (Lipinski definition) is 3. The van der Waals surface area contributed by atoms with Gasteiger partial charge in [-0.1, -0.05) is 66.7 Å². The van der Waals surface area contributed by atoms with E-state index in [2.05, 4.69) is 34.6 Å². The van der Waals surface area contributed by atoms with E-state index < -0.39 is 6.09 Å². The number of nitrogens with one attached hydrogen (secondary N) is 2. The van der Waals surface area contributed by atoms with Gasteiger partial charge in [0, 0.05) is 35.6 Å². The van der Waals surface area contributed by atoms with Gasteiger partial charge < -0.3 is 15.0 Å². The molecule has 5 rings (SSSR count). The Labute approximate surface area is 191 Å². The summed E-state index contributed by atoms with van der Waals surface area (Å²) in [6.07, 6.45) is 5.88. The maximum atomic E-state index is 12.2. The lowest BCUT2D eigenvalue weighted by Crippen LogP contribution is -2.26. The van der Waals surface area contributed by atoms with Gasteiger partial charge in [-0.3, -0.25) is 4.79 Å². The van der Waals surface area contributed by atoms with Crippen molar-refractivity contribution in [2.75, 3.05) is 13.2 Å². The molecule has 1 heterocycles. The number of carbonyl (C=O) groups excluding carboxylic acids is 1. The SMILES string of the molecule is O=C(NCCC=Cc1ccc2c(=O)cc[nH]c2c1)OCC1c2ccccc2-c2ccccc21. The Kier molecular flexibility index (Phi) is 5.77. The first-order valence-electron chi connectivity index (χ1n) is 11.1. The summed E-state index contributed by atoms with van der Waals surface area (Å²) in [5, 5.41) is 3.49. The van der Waals surface area contributed by atoms with Gasteiger partial charge in [0.15, 0.2) is 5.43 Å². The highest BCUT2D eigenvalue weighted by Crippen LogP contribution is 2.44. The van der Waals surface area contributed by atoms with Crippen LogP contribution in [0.5, 0.6) is 0 Å². The lowest BCUT2D eigenvalue weighted by Gasteiger charge is -2.14. The quantitative estimate of drug-likeness (QED) is 0.394. The number of alkyl carbamates (subject to hydrolysis) is 1. The topological polar surface area (TPSA) is 71.2 Å². The molecule has 0 saturated heterocycles. The Morgan fingerprint density at radius 2 is 1.70 bits per heavy atom. The number of H-pyrrole nitrogens is 1. The molecule has 3 aromatic carbocycles. The largest absolute Gasteiger partial charge is 0.449 e. The van der Waals surface area contributed by atoms with Gasteiger partial charge >= 0.3 is 6.09 Å². The Morgan fingerprint density at radius 1 is 0.970 bits per heavy atom. The van der Waals surface area contributed by atoms with Gasteiger partial charge in [-0.25, -0.2) is 4.79 Å². The molecule has 1 aliphatic carbocycles. The summed E-state index contributed by atoms with van der Waals surface area (Å²) < 4.78 is 5.56. The predicted molar refractivity (Wildman–Crippen MR) is 131 cm³/mol. The van der Waals surface area contributed by atoms with E-state index in [1.54, 1.807) is 6.20 Å². The Balaban J connectivity index is 1.13. The number of fused-ring (bicyclic) bond motifs is 4. The zero-order valence-electron chi connectivity index (χ0n) is 18.1. The first-order chi connectivity index (χ1) is 16.2. The monoisotopic (exact) mass is 436 g/mol. The predicted octanol–water partition coefficient (Wildman–Crippen LogP) is 5.47. The van der Waals surface area contributed by atoms with Crippen molar-refractivity contribution < 1.29 is 9.53 Å². The first-order valence-corrected chi connectivity index (χ1v) is 11.1. The molecule has 0 unspecified atom stereocenters. The van der Waals surface area contributed by atoms with Gasteiger partial charge in [0.1, 0.15) is 6.61 Å². The Morgan fingerprint density at radius 3 is 2.45 bits per heavy atom. The summed E-state index contributed by atoms with van der Waals surface area (Å²) >= 11 is 0. The van der Waals surface area contributed by atoms with Crippen LogP contribution in [-0.2, 0) is 4.74 Å².